The molecular weight excluding hydrogens is 400 g/mol. The fourth-order valence-electron chi connectivity index (χ4n) is 3.32. The second kappa shape index (κ2) is 7.48. The van der Waals surface area contributed by atoms with E-state index >= 15 is 0 Å². The third-order valence-electron chi connectivity index (χ3n) is 4.91. The van der Waals surface area contributed by atoms with Gasteiger partial charge in [-0.3, -0.25) is 4.79 Å². The van der Waals surface area contributed by atoms with Crippen LogP contribution in [-0.4, -0.2) is 38.9 Å². The molecule has 4 rings (SSSR count). The average Bonchev–Trinajstić information content (AvgIpc) is 3.13. The molecule has 1 saturated carbocycles. The molecule has 0 bridgehead atoms. The first-order valence-electron chi connectivity index (χ1n) is 9.00. The van der Waals surface area contributed by atoms with Crippen molar-refractivity contribution in [2.75, 3.05) is 10.6 Å². The Balaban J connectivity index is 1.61. The van der Waals surface area contributed by atoms with Crippen LogP contribution in [0.1, 0.15) is 29.6 Å². The minimum Gasteiger partial charge on any atom is -0.365 e. The molecule has 1 aliphatic rings. The van der Waals surface area contributed by atoms with Crippen LogP contribution >= 0.6 is 11.3 Å². The second-order valence-corrected chi connectivity index (χ2v) is 7.80. The monoisotopic (exact) mass is 419 g/mol. The van der Waals surface area contributed by atoms with E-state index in [1.54, 1.807) is 11.6 Å². The SMILES string of the molecule is NC(=O)c1cnc(N[C@@H]2CCCC(F)(F)[C@@H]2N)nc1Nc1ccc2ncsc2c1. The molecular formula is C18H19F2N7OS. The summed E-state index contributed by atoms with van der Waals surface area (Å²) < 4.78 is 28.8. The number of thiazole rings is 1. The van der Waals surface area contributed by atoms with Crippen molar-refractivity contribution in [3.05, 3.63) is 35.5 Å². The third kappa shape index (κ3) is 3.96. The first-order valence-corrected chi connectivity index (χ1v) is 9.88. The lowest BCUT2D eigenvalue weighted by atomic mass is 9.87. The van der Waals surface area contributed by atoms with Crippen molar-refractivity contribution in [3.8, 4) is 0 Å². The van der Waals surface area contributed by atoms with Crippen LogP contribution in [0.4, 0.5) is 26.2 Å². The smallest absolute Gasteiger partial charge is 0.264 e. The molecule has 11 heteroatoms. The number of nitrogens with two attached hydrogens (primary N) is 2. The molecule has 1 fully saturated rings. The molecule has 2 atom stereocenters. The van der Waals surface area contributed by atoms with Gasteiger partial charge >= 0.3 is 0 Å². The highest BCUT2D eigenvalue weighted by molar-refractivity contribution is 7.16. The van der Waals surface area contributed by atoms with Gasteiger partial charge in [-0.2, -0.15) is 4.98 Å². The van der Waals surface area contributed by atoms with Gasteiger partial charge in [-0.1, -0.05) is 0 Å². The van der Waals surface area contributed by atoms with Gasteiger partial charge < -0.3 is 22.1 Å². The summed E-state index contributed by atoms with van der Waals surface area (Å²) in [6.07, 6.45) is 1.85. The highest BCUT2D eigenvalue weighted by atomic mass is 32.1. The van der Waals surface area contributed by atoms with E-state index in [-0.39, 0.29) is 23.8 Å². The molecule has 0 saturated heterocycles. The van der Waals surface area contributed by atoms with Crippen LogP contribution in [-0.2, 0) is 0 Å². The molecule has 0 spiro atoms. The summed E-state index contributed by atoms with van der Waals surface area (Å²) in [4.78, 5) is 24.3. The van der Waals surface area contributed by atoms with Crippen molar-refractivity contribution in [3.63, 3.8) is 0 Å². The van der Waals surface area contributed by atoms with E-state index in [1.165, 1.54) is 17.5 Å². The van der Waals surface area contributed by atoms with Gasteiger partial charge in [0.2, 0.25) is 5.95 Å². The number of hydrogen-bond donors (Lipinski definition) is 4. The molecule has 0 radical (unpaired) electrons. The summed E-state index contributed by atoms with van der Waals surface area (Å²) in [6, 6.07) is 3.46. The van der Waals surface area contributed by atoms with Gasteiger partial charge in [0.05, 0.1) is 27.8 Å². The van der Waals surface area contributed by atoms with E-state index in [0.29, 0.717) is 18.5 Å². The number of alkyl halides is 2. The number of halogens is 2. The molecule has 3 aromatic rings. The van der Waals surface area contributed by atoms with Gasteiger partial charge in [0.25, 0.3) is 11.8 Å². The highest BCUT2D eigenvalue weighted by Crippen LogP contribution is 2.33. The van der Waals surface area contributed by atoms with Gasteiger partial charge in [0, 0.05) is 18.3 Å². The Hall–Kier alpha value is -2.92. The number of primary amides is 1. The Morgan fingerprint density at radius 3 is 2.93 bits per heavy atom. The number of rotatable bonds is 5. The molecule has 2 heterocycles. The van der Waals surface area contributed by atoms with Crippen LogP contribution in [0.2, 0.25) is 0 Å². The third-order valence-corrected chi connectivity index (χ3v) is 5.70. The van der Waals surface area contributed by atoms with E-state index < -0.39 is 23.9 Å². The maximum atomic E-state index is 13.9. The molecule has 8 nitrogen and oxygen atoms in total. The lowest BCUT2D eigenvalue weighted by Crippen LogP contribution is -2.55. The van der Waals surface area contributed by atoms with Crippen LogP contribution in [0.3, 0.4) is 0 Å². The van der Waals surface area contributed by atoms with Crippen LogP contribution in [0.25, 0.3) is 10.2 Å². The van der Waals surface area contributed by atoms with Crippen LogP contribution in [0.15, 0.2) is 29.9 Å². The van der Waals surface area contributed by atoms with E-state index in [4.69, 9.17) is 11.5 Å². The van der Waals surface area contributed by atoms with Crippen LogP contribution in [0.5, 0.6) is 0 Å². The first-order chi connectivity index (χ1) is 13.8. The number of hydrogen-bond acceptors (Lipinski definition) is 8. The summed E-state index contributed by atoms with van der Waals surface area (Å²) in [5, 5.41) is 5.93. The van der Waals surface area contributed by atoms with Crippen molar-refractivity contribution < 1.29 is 13.6 Å². The Bertz CT molecular complexity index is 1060. The second-order valence-electron chi connectivity index (χ2n) is 6.91. The first kappa shape index (κ1) is 19.4. The number of fused-ring (bicyclic) bond motifs is 1. The van der Waals surface area contributed by atoms with Gasteiger partial charge in [-0.15, -0.1) is 11.3 Å². The van der Waals surface area contributed by atoms with E-state index in [2.05, 4.69) is 25.6 Å². The number of anilines is 3. The molecule has 1 aromatic carbocycles. The van der Waals surface area contributed by atoms with Crippen molar-refractivity contribution in [2.45, 2.75) is 37.3 Å². The maximum absolute atomic E-state index is 13.9. The average molecular weight is 419 g/mol. The molecule has 2 aromatic heterocycles. The van der Waals surface area contributed by atoms with E-state index in [0.717, 1.165) is 10.2 Å². The Morgan fingerprint density at radius 2 is 2.14 bits per heavy atom. The fourth-order valence-corrected chi connectivity index (χ4v) is 4.04. The predicted octanol–water partition coefficient (Wildman–Crippen LogP) is 2.86. The van der Waals surface area contributed by atoms with Crippen molar-refractivity contribution >= 4 is 44.9 Å². The number of carbonyl (C=O) groups excluding carboxylic acids is 1. The van der Waals surface area contributed by atoms with E-state index in [1.807, 2.05) is 12.1 Å². The number of amides is 1. The normalized spacial score (nSPS) is 21.1. The predicted molar refractivity (Wildman–Crippen MR) is 108 cm³/mol. The van der Waals surface area contributed by atoms with Crippen molar-refractivity contribution in [2.24, 2.45) is 11.5 Å². The molecule has 1 amide bonds. The minimum absolute atomic E-state index is 0.0817. The molecule has 6 N–H and O–H groups in total. The minimum atomic E-state index is -2.95. The summed E-state index contributed by atoms with van der Waals surface area (Å²) in [6.45, 7) is 0. The number of nitrogens with zero attached hydrogens (tertiary/aromatic N) is 3. The number of benzene rings is 1. The zero-order valence-electron chi connectivity index (χ0n) is 15.2. The zero-order chi connectivity index (χ0) is 20.6. The summed E-state index contributed by atoms with van der Waals surface area (Å²) in [5.41, 5.74) is 14.5. The summed E-state index contributed by atoms with van der Waals surface area (Å²) in [5.74, 6) is -3.39. The van der Waals surface area contributed by atoms with Gasteiger partial charge in [-0.05, 0) is 31.0 Å². The number of aromatic nitrogens is 3. The Labute approximate surface area is 168 Å². The van der Waals surface area contributed by atoms with E-state index in [9.17, 15) is 13.6 Å². The van der Waals surface area contributed by atoms with Gasteiger partial charge in [0.15, 0.2) is 0 Å². The summed E-state index contributed by atoms with van der Waals surface area (Å²) in [7, 11) is 0. The molecule has 0 aliphatic heterocycles. The lowest BCUT2D eigenvalue weighted by Gasteiger charge is -2.35. The zero-order valence-corrected chi connectivity index (χ0v) is 16.0. The fraction of sp³-hybridized carbons (Fsp3) is 0.333. The maximum Gasteiger partial charge on any atom is 0.264 e. The topological polar surface area (TPSA) is 132 Å². The standard InChI is InChI=1S/C18H19F2N7OS/c19-18(20)5-1-2-12(14(18)21)26-17-23-7-10(15(22)28)16(27-17)25-9-3-4-11-13(6-9)29-8-24-11/h3-4,6-8,12,14H,1-2,5,21H2,(H2,22,28)(H2,23,25,26,27)/t12-,14-/m1/s1. The molecule has 29 heavy (non-hydrogen) atoms. The van der Waals surface area contributed by atoms with Gasteiger partial charge in [0.1, 0.15) is 11.4 Å². The number of nitrogens with one attached hydrogen (secondary N) is 2. The van der Waals surface area contributed by atoms with Crippen molar-refractivity contribution in [1.29, 1.82) is 0 Å². The molecule has 0 unspecified atom stereocenters. The molecule has 152 valence electrons. The quantitative estimate of drug-likeness (QED) is 0.500. The van der Waals surface area contributed by atoms with Crippen molar-refractivity contribution in [1.82, 2.24) is 15.0 Å². The number of carbonyl (C=O) groups is 1. The largest absolute Gasteiger partial charge is 0.365 e. The molecule has 1 aliphatic carbocycles. The Kier molecular flexibility index (Phi) is 5.01. The Morgan fingerprint density at radius 1 is 1.31 bits per heavy atom. The summed E-state index contributed by atoms with van der Waals surface area (Å²) >= 11 is 1.48. The van der Waals surface area contributed by atoms with Crippen LogP contribution < -0.4 is 22.1 Å². The lowest BCUT2D eigenvalue weighted by molar-refractivity contribution is -0.0555. The van der Waals surface area contributed by atoms with Gasteiger partial charge in [-0.25, -0.2) is 18.7 Å². The van der Waals surface area contributed by atoms with Crippen LogP contribution in [0, 0.1) is 0 Å². The highest BCUT2D eigenvalue weighted by Gasteiger charge is 2.44.